The molecule has 1 nitrogen and oxygen atoms in total. The lowest BCUT2D eigenvalue weighted by Gasteiger charge is -2.13. The van der Waals surface area contributed by atoms with Gasteiger partial charge in [-0.15, -0.1) is 0 Å². The van der Waals surface area contributed by atoms with Crippen LogP contribution in [0.25, 0.3) is 0 Å². The number of alkyl halides is 3. The van der Waals surface area contributed by atoms with E-state index in [0.29, 0.717) is 9.79 Å². The summed E-state index contributed by atoms with van der Waals surface area (Å²) >= 11 is 1.03. The molecule has 0 aromatic heterocycles. The van der Waals surface area contributed by atoms with Gasteiger partial charge in [-0.3, -0.25) is 0 Å². The smallest absolute Gasteiger partial charge is 0.392 e. The van der Waals surface area contributed by atoms with Crippen LogP contribution in [0.4, 0.5) is 17.6 Å². The summed E-state index contributed by atoms with van der Waals surface area (Å²) in [4.78, 5) is 0.843. The predicted octanol–water partition coefficient (Wildman–Crippen LogP) is 4.49. The summed E-state index contributed by atoms with van der Waals surface area (Å²) in [5, 5.41) is 8.94. The molecule has 0 atom stereocenters. The fraction of sp³-hybridized carbons (Fsp3) is 0.143. The SMILES string of the molecule is OCc1ccc(Sc2cccc(F)c2)cc1C(F)(F)F. The largest absolute Gasteiger partial charge is 0.416 e. The lowest BCUT2D eigenvalue weighted by molar-refractivity contribution is -0.138. The number of aliphatic hydroxyl groups excluding tert-OH is 1. The minimum atomic E-state index is -4.53. The van der Waals surface area contributed by atoms with Crippen molar-refractivity contribution in [2.45, 2.75) is 22.6 Å². The van der Waals surface area contributed by atoms with Gasteiger partial charge in [0.25, 0.3) is 0 Å². The zero-order chi connectivity index (χ0) is 14.8. The van der Waals surface area contributed by atoms with Crippen LogP contribution in [-0.2, 0) is 12.8 Å². The summed E-state index contributed by atoms with van der Waals surface area (Å²) in [6.07, 6.45) is -4.53. The number of hydrogen-bond acceptors (Lipinski definition) is 2. The number of hydrogen-bond donors (Lipinski definition) is 1. The fourth-order valence-corrected chi connectivity index (χ4v) is 2.59. The Morgan fingerprint density at radius 2 is 1.70 bits per heavy atom. The van der Waals surface area contributed by atoms with Gasteiger partial charge >= 0.3 is 6.18 Å². The maximum absolute atomic E-state index is 13.0. The molecule has 0 saturated carbocycles. The van der Waals surface area contributed by atoms with Crippen molar-refractivity contribution in [1.29, 1.82) is 0 Å². The van der Waals surface area contributed by atoms with Crippen molar-refractivity contribution < 1.29 is 22.7 Å². The van der Waals surface area contributed by atoms with Gasteiger partial charge in [-0.1, -0.05) is 23.9 Å². The molecule has 0 unspecified atom stereocenters. The lowest BCUT2D eigenvalue weighted by Crippen LogP contribution is -2.09. The molecule has 0 amide bonds. The third kappa shape index (κ3) is 3.52. The second kappa shape index (κ2) is 5.85. The molecule has 2 rings (SSSR count). The van der Waals surface area contributed by atoms with Crippen LogP contribution in [0.15, 0.2) is 52.3 Å². The van der Waals surface area contributed by atoms with Gasteiger partial charge in [0.1, 0.15) is 5.82 Å². The van der Waals surface area contributed by atoms with Crippen molar-refractivity contribution in [3.63, 3.8) is 0 Å². The molecule has 2 aromatic rings. The standard InChI is InChI=1S/C14H10F4OS/c15-10-2-1-3-11(6-10)20-12-5-4-9(8-19)13(7-12)14(16,17)18/h1-7,19H,8H2. The summed E-state index contributed by atoms with van der Waals surface area (Å²) in [6.45, 7) is -0.681. The maximum Gasteiger partial charge on any atom is 0.416 e. The van der Waals surface area contributed by atoms with E-state index in [4.69, 9.17) is 5.11 Å². The molecule has 0 aliphatic carbocycles. The van der Waals surface area contributed by atoms with E-state index in [9.17, 15) is 17.6 Å². The summed E-state index contributed by atoms with van der Waals surface area (Å²) < 4.78 is 51.5. The quantitative estimate of drug-likeness (QED) is 0.843. The summed E-state index contributed by atoms with van der Waals surface area (Å²) in [7, 11) is 0. The van der Waals surface area contributed by atoms with E-state index in [0.717, 1.165) is 17.8 Å². The Labute approximate surface area is 117 Å². The van der Waals surface area contributed by atoms with Gasteiger partial charge in [-0.2, -0.15) is 13.2 Å². The fourth-order valence-electron chi connectivity index (χ4n) is 1.69. The first-order chi connectivity index (χ1) is 9.40. The second-order valence-corrected chi connectivity index (χ2v) is 5.18. The van der Waals surface area contributed by atoms with Crippen LogP contribution in [-0.4, -0.2) is 5.11 Å². The third-order valence-electron chi connectivity index (χ3n) is 2.59. The second-order valence-electron chi connectivity index (χ2n) is 4.03. The van der Waals surface area contributed by atoms with Crippen LogP contribution < -0.4 is 0 Å². The summed E-state index contributed by atoms with van der Waals surface area (Å²) in [5.41, 5.74) is -1.05. The molecule has 0 aliphatic rings. The van der Waals surface area contributed by atoms with Gasteiger partial charge in [0.2, 0.25) is 0 Å². The van der Waals surface area contributed by atoms with Gasteiger partial charge in [-0.05, 0) is 35.9 Å². The Bertz CT molecular complexity index is 610. The normalized spacial score (nSPS) is 11.7. The third-order valence-corrected chi connectivity index (χ3v) is 3.57. The molecule has 106 valence electrons. The molecule has 20 heavy (non-hydrogen) atoms. The minimum absolute atomic E-state index is 0.180. The van der Waals surface area contributed by atoms with E-state index in [2.05, 4.69) is 0 Å². The van der Waals surface area contributed by atoms with Crippen LogP contribution in [0.2, 0.25) is 0 Å². The zero-order valence-corrected chi connectivity index (χ0v) is 10.9. The molecule has 0 heterocycles. The molecule has 0 bridgehead atoms. The first-order valence-electron chi connectivity index (χ1n) is 5.64. The summed E-state index contributed by atoms with van der Waals surface area (Å²) in [5.74, 6) is -0.446. The van der Waals surface area contributed by atoms with Gasteiger partial charge in [-0.25, -0.2) is 4.39 Å². The maximum atomic E-state index is 13.0. The van der Waals surface area contributed by atoms with Crippen molar-refractivity contribution in [2.75, 3.05) is 0 Å². The number of halogens is 4. The first kappa shape index (κ1) is 14.9. The Morgan fingerprint density at radius 3 is 2.30 bits per heavy atom. The molecule has 6 heteroatoms. The van der Waals surface area contributed by atoms with Crippen molar-refractivity contribution >= 4 is 11.8 Å². The van der Waals surface area contributed by atoms with Crippen LogP contribution in [0, 0.1) is 5.82 Å². The molecule has 0 aliphatic heterocycles. The Kier molecular flexibility index (Phi) is 4.35. The highest BCUT2D eigenvalue weighted by atomic mass is 32.2. The van der Waals surface area contributed by atoms with Crippen molar-refractivity contribution in [3.8, 4) is 0 Å². The number of benzene rings is 2. The van der Waals surface area contributed by atoms with Crippen molar-refractivity contribution in [3.05, 3.63) is 59.4 Å². The topological polar surface area (TPSA) is 20.2 Å². The van der Waals surface area contributed by atoms with Crippen LogP contribution in [0.5, 0.6) is 0 Å². The highest BCUT2D eigenvalue weighted by Crippen LogP contribution is 2.36. The number of rotatable bonds is 3. The van der Waals surface area contributed by atoms with E-state index in [1.54, 1.807) is 6.07 Å². The highest BCUT2D eigenvalue weighted by molar-refractivity contribution is 7.99. The van der Waals surface area contributed by atoms with E-state index >= 15 is 0 Å². The molecule has 2 aromatic carbocycles. The molecule has 1 N–H and O–H groups in total. The van der Waals surface area contributed by atoms with Gasteiger partial charge in [0.05, 0.1) is 12.2 Å². The van der Waals surface area contributed by atoms with Gasteiger partial charge in [0.15, 0.2) is 0 Å². The Morgan fingerprint density at radius 1 is 1.00 bits per heavy atom. The highest BCUT2D eigenvalue weighted by Gasteiger charge is 2.33. The average molecular weight is 302 g/mol. The van der Waals surface area contributed by atoms with E-state index in [-0.39, 0.29) is 5.56 Å². The zero-order valence-electron chi connectivity index (χ0n) is 10.1. The lowest BCUT2D eigenvalue weighted by atomic mass is 10.1. The molecule has 0 spiro atoms. The van der Waals surface area contributed by atoms with Crippen molar-refractivity contribution in [2.24, 2.45) is 0 Å². The molecule has 0 fully saturated rings. The van der Waals surface area contributed by atoms with Crippen LogP contribution in [0.3, 0.4) is 0 Å². The molecule has 0 radical (unpaired) electrons. The molecular weight excluding hydrogens is 292 g/mol. The Hall–Kier alpha value is -1.53. The van der Waals surface area contributed by atoms with E-state index in [1.165, 1.54) is 30.3 Å². The number of aliphatic hydroxyl groups is 1. The Balaban J connectivity index is 2.34. The predicted molar refractivity (Wildman–Crippen MR) is 67.9 cm³/mol. The van der Waals surface area contributed by atoms with Gasteiger partial charge in [0, 0.05) is 9.79 Å². The summed E-state index contributed by atoms with van der Waals surface area (Å²) in [6, 6.07) is 9.27. The minimum Gasteiger partial charge on any atom is -0.392 e. The monoisotopic (exact) mass is 302 g/mol. The average Bonchev–Trinajstić information content (AvgIpc) is 2.37. The first-order valence-corrected chi connectivity index (χ1v) is 6.46. The van der Waals surface area contributed by atoms with Gasteiger partial charge < -0.3 is 5.11 Å². The van der Waals surface area contributed by atoms with Crippen molar-refractivity contribution in [1.82, 2.24) is 0 Å². The van der Waals surface area contributed by atoms with Crippen LogP contribution >= 0.6 is 11.8 Å². The molecular formula is C14H10F4OS. The molecule has 0 saturated heterocycles. The van der Waals surface area contributed by atoms with Crippen LogP contribution in [0.1, 0.15) is 11.1 Å². The van der Waals surface area contributed by atoms with E-state index in [1.807, 2.05) is 0 Å². The van der Waals surface area contributed by atoms with E-state index < -0.39 is 24.2 Å².